The number of nitrogens with one attached hydrogen (secondary N) is 2. The zero-order chi connectivity index (χ0) is 26.9. The maximum Gasteiger partial charge on any atom is 0.332 e. The first-order chi connectivity index (χ1) is 18.2. The summed E-state index contributed by atoms with van der Waals surface area (Å²) in [6.07, 6.45) is 2.60. The van der Waals surface area contributed by atoms with Gasteiger partial charge in [0.25, 0.3) is 0 Å². The Labute approximate surface area is 225 Å². The second kappa shape index (κ2) is 10.6. The number of thiol groups is 1. The van der Waals surface area contributed by atoms with Crippen LogP contribution >= 0.6 is 12.8 Å². The molecule has 0 bridgehead atoms. The van der Waals surface area contributed by atoms with Gasteiger partial charge in [-0.1, -0.05) is 31.0 Å². The zero-order valence-electron chi connectivity index (χ0n) is 21.2. The van der Waals surface area contributed by atoms with Crippen molar-refractivity contribution in [2.75, 3.05) is 17.5 Å². The summed E-state index contributed by atoms with van der Waals surface area (Å²) in [5.74, 6) is 0.142. The second-order valence-corrected chi connectivity index (χ2v) is 9.99. The van der Waals surface area contributed by atoms with Gasteiger partial charge in [-0.05, 0) is 68.3 Å². The summed E-state index contributed by atoms with van der Waals surface area (Å²) in [6.45, 7) is 6.09. The number of anilines is 1. The number of urea groups is 1. The number of imidazole rings is 1. The molecule has 3 heterocycles. The monoisotopic (exact) mass is 533 g/mol. The Kier molecular flexibility index (Phi) is 7.20. The minimum Gasteiger partial charge on any atom is -0.343 e. The van der Waals surface area contributed by atoms with Crippen LogP contribution in [0, 0.1) is 19.7 Å². The molecule has 0 spiro atoms. The molecular weight excluding hydrogens is 505 g/mol. The van der Waals surface area contributed by atoms with Crippen molar-refractivity contribution >= 4 is 24.5 Å². The number of pyridine rings is 1. The Bertz CT molecular complexity index is 1420. The molecular formula is C28H28FN5O3S. The third kappa shape index (κ3) is 5.28. The molecule has 1 aliphatic rings. The number of carbonyl (C=O) groups excluding carboxylic acids is 1. The van der Waals surface area contributed by atoms with Crippen LogP contribution in [0.25, 0.3) is 22.5 Å². The smallest absolute Gasteiger partial charge is 0.332 e. The zero-order valence-corrected chi connectivity index (χ0v) is 22.1. The number of para-hydroxylation sites is 1. The van der Waals surface area contributed by atoms with E-state index < -0.39 is 11.8 Å². The number of ether oxygens (including phenoxy) is 2. The number of hydrogen-bond acceptors (Lipinski definition) is 6. The largest absolute Gasteiger partial charge is 0.343 e. The van der Waals surface area contributed by atoms with Crippen LogP contribution in [-0.2, 0) is 9.47 Å². The summed E-state index contributed by atoms with van der Waals surface area (Å²) in [5, 5.41) is 2.98. The Morgan fingerprint density at radius 1 is 1.05 bits per heavy atom. The molecule has 38 heavy (non-hydrogen) atoms. The van der Waals surface area contributed by atoms with Crippen molar-refractivity contribution in [2.24, 2.45) is 0 Å². The lowest BCUT2D eigenvalue weighted by molar-refractivity contribution is -0.215. The van der Waals surface area contributed by atoms with Crippen molar-refractivity contribution in [3.05, 3.63) is 89.8 Å². The first kappa shape index (κ1) is 25.9. The molecule has 0 aliphatic carbocycles. The Morgan fingerprint density at radius 2 is 1.68 bits per heavy atom. The molecule has 1 fully saturated rings. The Morgan fingerprint density at radius 3 is 2.32 bits per heavy atom. The Balaban J connectivity index is 1.33. The third-order valence-electron chi connectivity index (χ3n) is 6.39. The lowest BCUT2D eigenvalue weighted by Crippen LogP contribution is -2.57. The van der Waals surface area contributed by atoms with Crippen LogP contribution in [0.3, 0.4) is 0 Å². The fraction of sp³-hybridized carbons (Fsp3) is 0.250. The van der Waals surface area contributed by atoms with Crippen LogP contribution in [0.1, 0.15) is 30.2 Å². The van der Waals surface area contributed by atoms with Crippen molar-refractivity contribution < 1.29 is 18.7 Å². The predicted molar refractivity (Wildman–Crippen MR) is 146 cm³/mol. The van der Waals surface area contributed by atoms with Gasteiger partial charge in [-0.2, -0.15) is 0 Å². The number of rotatable bonds is 5. The SMILES string of the molecule is Cc1cccc(C)c1N(S)C(=O)NC1(C)COC(c2nc(-c3ccc(F)cc3)c(-c3ccncc3)[nH]2)OC1. The molecule has 0 saturated carbocycles. The molecule has 1 saturated heterocycles. The molecule has 196 valence electrons. The van der Waals surface area contributed by atoms with Gasteiger partial charge in [0.1, 0.15) is 5.82 Å². The van der Waals surface area contributed by atoms with Crippen molar-refractivity contribution in [3.63, 3.8) is 0 Å². The summed E-state index contributed by atoms with van der Waals surface area (Å²) < 4.78 is 26.9. The molecule has 2 aromatic heterocycles. The van der Waals surface area contributed by atoms with Crippen LogP contribution in [0.15, 0.2) is 67.0 Å². The van der Waals surface area contributed by atoms with E-state index in [4.69, 9.17) is 14.5 Å². The standard InChI is InChI=1S/C28H28FN5O3S/c1-17-5-4-6-18(2)24(17)34(38)27(35)33-28(3)15-36-26(37-16-28)25-31-22(19-7-9-21(29)10-8-19)23(32-25)20-11-13-30-14-12-20/h4-14,26,38H,15-16H2,1-3H3,(H,31,32)(H,33,35). The van der Waals surface area contributed by atoms with Crippen LogP contribution in [-0.4, -0.2) is 39.7 Å². The predicted octanol–water partition coefficient (Wildman–Crippen LogP) is 5.76. The van der Waals surface area contributed by atoms with E-state index in [-0.39, 0.29) is 25.1 Å². The van der Waals surface area contributed by atoms with E-state index >= 15 is 0 Å². The van der Waals surface area contributed by atoms with E-state index in [9.17, 15) is 9.18 Å². The van der Waals surface area contributed by atoms with Gasteiger partial charge in [0, 0.05) is 23.5 Å². The summed E-state index contributed by atoms with van der Waals surface area (Å²) >= 11 is 4.45. The molecule has 8 nitrogen and oxygen atoms in total. The van der Waals surface area contributed by atoms with Crippen LogP contribution < -0.4 is 9.62 Å². The number of aromatic amines is 1. The van der Waals surface area contributed by atoms with E-state index in [0.29, 0.717) is 11.5 Å². The van der Waals surface area contributed by atoms with E-state index in [1.807, 2.05) is 51.1 Å². The summed E-state index contributed by atoms with van der Waals surface area (Å²) in [5.41, 5.74) is 4.82. The number of halogens is 1. The third-order valence-corrected chi connectivity index (χ3v) is 6.77. The Hall–Kier alpha value is -3.73. The number of benzene rings is 2. The molecule has 0 atom stereocenters. The van der Waals surface area contributed by atoms with Gasteiger partial charge in [-0.15, -0.1) is 0 Å². The van der Waals surface area contributed by atoms with Gasteiger partial charge < -0.3 is 19.8 Å². The number of hydrogen-bond donors (Lipinski definition) is 3. The van der Waals surface area contributed by atoms with Crippen LogP contribution in [0.5, 0.6) is 0 Å². The summed E-state index contributed by atoms with van der Waals surface area (Å²) in [6, 6.07) is 15.3. The number of aryl methyl sites for hydroxylation is 2. The molecule has 0 unspecified atom stereocenters. The van der Waals surface area contributed by atoms with E-state index in [0.717, 1.165) is 33.6 Å². The van der Waals surface area contributed by atoms with Gasteiger partial charge in [0.05, 0.1) is 35.8 Å². The maximum atomic E-state index is 13.6. The van der Waals surface area contributed by atoms with E-state index in [1.54, 1.807) is 24.5 Å². The first-order valence-electron chi connectivity index (χ1n) is 12.1. The first-order valence-corrected chi connectivity index (χ1v) is 12.5. The second-order valence-electron chi connectivity index (χ2n) is 9.59. The van der Waals surface area contributed by atoms with Crippen molar-refractivity contribution in [3.8, 4) is 22.5 Å². The topological polar surface area (TPSA) is 92.4 Å². The molecule has 0 radical (unpaired) electrons. The molecule has 2 amide bonds. The van der Waals surface area contributed by atoms with Gasteiger partial charge in [0.15, 0.2) is 5.82 Å². The molecule has 1 aliphatic heterocycles. The molecule has 10 heteroatoms. The molecule has 2 aromatic carbocycles. The number of aromatic nitrogens is 3. The maximum absolute atomic E-state index is 13.6. The molecule has 4 aromatic rings. The van der Waals surface area contributed by atoms with Gasteiger partial charge >= 0.3 is 6.03 Å². The van der Waals surface area contributed by atoms with E-state index in [2.05, 4.69) is 28.1 Å². The lowest BCUT2D eigenvalue weighted by atomic mass is 10.0. The minimum absolute atomic E-state index is 0.189. The summed E-state index contributed by atoms with van der Waals surface area (Å²) in [7, 11) is 0. The highest BCUT2D eigenvalue weighted by Crippen LogP contribution is 2.34. The number of amides is 2. The highest BCUT2D eigenvalue weighted by molar-refractivity contribution is 7.82. The lowest BCUT2D eigenvalue weighted by Gasteiger charge is -2.38. The fourth-order valence-electron chi connectivity index (χ4n) is 4.44. The van der Waals surface area contributed by atoms with Crippen molar-refractivity contribution in [1.29, 1.82) is 0 Å². The highest BCUT2D eigenvalue weighted by atomic mass is 32.1. The van der Waals surface area contributed by atoms with Crippen molar-refractivity contribution in [1.82, 2.24) is 20.3 Å². The number of nitrogens with zero attached hydrogens (tertiary/aromatic N) is 3. The minimum atomic E-state index is -0.786. The fourth-order valence-corrected chi connectivity index (χ4v) is 4.80. The van der Waals surface area contributed by atoms with Gasteiger partial charge in [0.2, 0.25) is 6.29 Å². The number of H-pyrrole nitrogens is 1. The average molecular weight is 534 g/mol. The summed E-state index contributed by atoms with van der Waals surface area (Å²) in [4.78, 5) is 25.2. The van der Waals surface area contributed by atoms with Crippen LogP contribution in [0.2, 0.25) is 0 Å². The van der Waals surface area contributed by atoms with Crippen molar-refractivity contribution in [2.45, 2.75) is 32.6 Å². The quantitative estimate of drug-likeness (QED) is 0.284. The average Bonchev–Trinajstić information content (AvgIpc) is 3.35. The van der Waals surface area contributed by atoms with Gasteiger partial charge in [-0.25, -0.2) is 18.5 Å². The normalized spacial score (nSPS) is 19.2. The van der Waals surface area contributed by atoms with Gasteiger partial charge in [-0.3, -0.25) is 4.98 Å². The number of carbonyl (C=O) groups is 1. The van der Waals surface area contributed by atoms with Crippen LogP contribution in [0.4, 0.5) is 14.9 Å². The highest BCUT2D eigenvalue weighted by Gasteiger charge is 2.37. The molecule has 2 N–H and O–H groups in total. The molecule has 5 rings (SSSR count). The van der Waals surface area contributed by atoms with E-state index in [1.165, 1.54) is 16.4 Å².